The highest BCUT2D eigenvalue weighted by Gasteiger charge is 2.13. The Morgan fingerprint density at radius 2 is 2.15 bits per heavy atom. The third-order valence-electron chi connectivity index (χ3n) is 2.61. The number of carboxylic acids is 1. The van der Waals surface area contributed by atoms with Crippen LogP contribution < -0.4 is 10.1 Å². The van der Waals surface area contributed by atoms with E-state index in [0.717, 1.165) is 18.6 Å². The highest BCUT2D eigenvalue weighted by Crippen LogP contribution is 2.23. The number of rotatable bonds is 8. The predicted octanol–water partition coefficient (Wildman–Crippen LogP) is 2.87. The normalized spacial score (nSPS) is 10.1. The van der Waals surface area contributed by atoms with Crippen molar-refractivity contribution in [2.75, 3.05) is 23.9 Å². The number of thioether (sulfide) groups is 1. The molecule has 0 bridgehead atoms. The molecule has 0 heterocycles. The second-order valence-electron chi connectivity index (χ2n) is 4.17. The number of carbonyl (C=O) groups is 2. The molecule has 0 aliphatic heterocycles. The van der Waals surface area contributed by atoms with Crippen LogP contribution in [0, 0.1) is 0 Å². The Labute approximate surface area is 122 Å². The summed E-state index contributed by atoms with van der Waals surface area (Å²) in [5, 5.41) is 11.7. The lowest BCUT2D eigenvalue weighted by Gasteiger charge is -2.10. The molecular formula is C14H19NO4S. The van der Waals surface area contributed by atoms with Gasteiger partial charge in [-0.05, 0) is 24.3 Å². The van der Waals surface area contributed by atoms with Gasteiger partial charge in [0.1, 0.15) is 5.75 Å². The lowest BCUT2D eigenvalue weighted by molar-refractivity contribution is -0.113. The van der Waals surface area contributed by atoms with Crippen LogP contribution in [0.4, 0.5) is 5.69 Å². The molecule has 2 N–H and O–H groups in total. The summed E-state index contributed by atoms with van der Waals surface area (Å²) in [7, 11) is 1.49. The monoisotopic (exact) mass is 297 g/mol. The molecule has 20 heavy (non-hydrogen) atoms. The van der Waals surface area contributed by atoms with Gasteiger partial charge in [0.05, 0.1) is 24.1 Å². The average Bonchev–Trinajstić information content (AvgIpc) is 2.43. The maximum absolute atomic E-state index is 11.8. The van der Waals surface area contributed by atoms with Crippen molar-refractivity contribution in [3.05, 3.63) is 23.8 Å². The SMILES string of the molecule is CCCCSCC(=O)Nc1cc(OC)ccc1C(=O)O. The van der Waals surface area contributed by atoms with Gasteiger partial charge in [0.2, 0.25) is 5.91 Å². The van der Waals surface area contributed by atoms with E-state index in [-0.39, 0.29) is 17.2 Å². The minimum absolute atomic E-state index is 0.0534. The van der Waals surface area contributed by atoms with Crippen molar-refractivity contribution in [2.45, 2.75) is 19.8 Å². The number of benzene rings is 1. The molecule has 0 spiro atoms. The van der Waals surface area contributed by atoms with E-state index in [1.165, 1.54) is 31.0 Å². The van der Waals surface area contributed by atoms with E-state index < -0.39 is 5.97 Å². The molecule has 0 radical (unpaired) electrons. The van der Waals surface area contributed by atoms with Gasteiger partial charge in [-0.2, -0.15) is 11.8 Å². The maximum Gasteiger partial charge on any atom is 0.337 e. The zero-order valence-electron chi connectivity index (χ0n) is 11.6. The number of ether oxygens (including phenoxy) is 1. The first-order valence-electron chi connectivity index (χ1n) is 6.37. The molecule has 1 amide bonds. The summed E-state index contributed by atoms with van der Waals surface area (Å²) < 4.78 is 5.03. The van der Waals surface area contributed by atoms with E-state index >= 15 is 0 Å². The summed E-state index contributed by atoms with van der Waals surface area (Å²) in [5.74, 6) is 0.455. The van der Waals surface area contributed by atoms with Gasteiger partial charge in [-0.25, -0.2) is 4.79 Å². The Kier molecular flexibility index (Phi) is 6.93. The van der Waals surface area contributed by atoms with Gasteiger partial charge in [0, 0.05) is 6.07 Å². The Bertz CT molecular complexity index is 476. The largest absolute Gasteiger partial charge is 0.497 e. The highest BCUT2D eigenvalue weighted by molar-refractivity contribution is 7.99. The van der Waals surface area contributed by atoms with E-state index in [4.69, 9.17) is 9.84 Å². The fourth-order valence-electron chi connectivity index (χ4n) is 1.54. The Morgan fingerprint density at radius 1 is 1.40 bits per heavy atom. The molecule has 0 saturated carbocycles. The van der Waals surface area contributed by atoms with Gasteiger partial charge in [-0.1, -0.05) is 13.3 Å². The smallest absolute Gasteiger partial charge is 0.337 e. The second kappa shape index (κ2) is 8.47. The van der Waals surface area contributed by atoms with E-state index in [0.29, 0.717) is 11.5 Å². The molecule has 1 rings (SSSR count). The quantitative estimate of drug-likeness (QED) is 0.722. The highest BCUT2D eigenvalue weighted by atomic mass is 32.2. The van der Waals surface area contributed by atoms with E-state index in [1.807, 2.05) is 0 Å². The molecule has 0 atom stereocenters. The molecule has 0 saturated heterocycles. The Balaban J connectivity index is 2.69. The van der Waals surface area contributed by atoms with Crippen LogP contribution in [-0.4, -0.2) is 35.6 Å². The maximum atomic E-state index is 11.8. The second-order valence-corrected chi connectivity index (χ2v) is 5.28. The van der Waals surface area contributed by atoms with Crippen molar-refractivity contribution in [2.24, 2.45) is 0 Å². The number of unbranched alkanes of at least 4 members (excludes halogenated alkanes) is 1. The summed E-state index contributed by atoms with van der Waals surface area (Å²) in [6.07, 6.45) is 2.16. The van der Waals surface area contributed by atoms with Crippen molar-refractivity contribution >= 4 is 29.3 Å². The number of anilines is 1. The number of carboxylic acid groups (broad SMARTS) is 1. The van der Waals surface area contributed by atoms with Crippen molar-refractivity contribution in [3.8, 4) is 5.75 Å². The average molecular weight is 297 g/mol. The number of methoxy groups -OCH3 is 1. The molecule has 0 unspecified atom stereocenters. The fourth-order valence-corrected chi connectivity index (χ4v) is 2.43. The van der Waals surface area contributed by atoms with Gasteiger partial charge < -0.3 is 15.2 Å². The number of carbonyl (C=O) groups excluding carboxylic acids is 1. The molecular weight excluding hydrogens is 278 g/mol. The summed E-state index contributed by atoms with van der Waals surface area (Å²) in [5.41, 5.74) is 0.315. The molecule has 0 aliphatic rings. The molecule has 6 heteroatoms. The van der Waals surface area contributed by atoms with E-state index in [9.17, 15) is 9.59 Å². The number of amides is 1. The van der Waals surface area contributed by atoms with Crippen LogP contribution in [0.1, 0.15) is 30.1 Å². The first-order valence-corrected chi connectivity index (χ1v) is 7.52. The predicted molar refractivity (Wildman–Crippen MR) is 80.8 cm³/mol. The van der Waals surface area contributed by atoms with Crippen molar-refractivity contribution in [1.82, 2.24) is 0 Å². The van der Waals surface area contributed by atoms with Crippen molar-refractivity contribution < 1.29 is 19.4 Å². The summed E-state index contributed by atoms with van der Waals surface area (Å²) in [6, 6.07) is 4.48. The van der Waals surface area contributed by atoms with Gasteiger partial charge in [-0.15, -0.1) is 0 Å². The van der Waals surface area contributed by atoms with Crippen LogP contribution in [0.3, 0.4) is 0 Å². The topological polar surface area (TPSA) is 75.6 Å². The molecule has 0 fully saturated rings. The molecule has 0 aliphatic carbocycles. The van der Waals surface area contributed by atoms with E-state index in [1.54, 1.807) is 6.07 Å². The summed E-state index contributed by atoms with van der Waals surface area (Å²) in [6.45, 7) is 2.09. The minimum Gasteiger partial charge on any atom is -0.497 e. The van der Waals surface area contributed by atoms with Gasteiger partial charge in [0.15, 0.2) is 0 Å². The first kappa shape index (κ1) is 16.4. The Hall–Kier alpha value is -1.69. The summed E-state index contributed by atoms with van der Waals surface area (Å²) in [4.78, 5) is 22.9. The third-order valence-corrected chi connectivity index (χ3v) is 3.65. The molecule has 5 nitrogen and oxygen atoms in total. The summed E-state index contributed by atoms with van der Waals surface area (Å²) >= 11 is 1.54. The molecule has 1 aromatic carbocycles. The molecule has 110 valence electrons. The van der Waals surface area contributed by atoms with Crippen LogP contribution in [0.15, 0.2) is 18.2 Å². The van der Waals surface area contributed by atoms with Crippen molar-refractivity contribution in [3.63, 3.8) is 0 Å². The number of hydrogen-bond acceptors (Lipinski definition) is 4. The third kappa shape index (κ3) is 5.13. The van der Waals surface area contributed by atoms with Gasteiger partial charge >= 0.3 is 5.97 Å². The van der Waals surface area contributed by atoms with Crippen LogP contribution in [0.25, 0.3) is 0 Å². The fraction of sp³-hybridized carbons (Fsp3) is 0.429. The van der Waals surface area contributed by atoms with Crippen LogP contribution in [-0.2, 0) is 4.79 Å². The lowest BCUT2D eigenvalue weighted by Crippen LogP contribution is -2.17. The number of aromatic carboxylic acids is 1. The van der Waals surface area contributed by atoms with Crippen LogP contribution >= 0.6 is 11.8 Å². The lowest BCUT2D eigenvalue weighted by atomic mass is 10.1. The number of hydrogen-bond donors (Lipinski definition) is 2. The number of nitrogens with one attached hydrogen (secondary N) is 1. The van der Waals surface area contributed by atoms with Crippen LogP contribution in [0.2, 0.25) is 0 Å². The Morgan fingerprint density at radius 3 is 2.75 bits per heavy atom. The zero-order valence-corrected chi connectivity index (χ0v) is 12.5. The standard InChI is InChI=1S/C14H19NO4S/c1-3-4-7-20-9-13(16)15-12-8-10(19-2)5-6-11(12)14(17)18/h5-6,8H,3-4,7,9H2,1-2H3,(H,15,16)(H,17,18). The first-order chi connectivity index (χ1) is 9.58. The van der Waals surface area contributed by atoms with Crippen LogP contribution in [0.5, 0.6) is 5.75 Å². The minimum atomic E-state index is -1.08. The van der Waals surface area contributed by atoms with E-state index in [2.05, 4.69) is 12.2 Å². The van der Waals surface area contributed by atoms with Crippen molar-refractivity contribution in [1.29, 1.82) is 0 Å². The van der Waals surface area contributed by atoms with Gasteiger partial charge in [0.25, 0.3) is 0 Å². The zero-order chi connectivity index (χ0) is 15.0. The molecule has 0 aromatic heterocycles. The molecule has 1 aromatic rings. The van der Waals surface area contributed by atoms with Gasteiger partial charge in [-0.3, -0.25) is 4.79 Å².